The first-order valence-electron chi connectivity index (χ1n) is 7.53. The second-order valence-corrected chi connectivity index (χ2v) is 7.28. The molecule has 0 aliphatic carbocycles. The smallest absolute Gasteiger partial charge is 0.331 e. The van der Waals surface area contributed by atoms with Gasteiger partial charge in [0.05, 0.1) is 6.07 Å². The number of hydrogen-bond donors (Lipinski definition) is 0. The molecular formula is C18H27NO4. The Hall–Kier alpha value is -2.09. The Morgan fingerprint density at radius 1 is 1.09 bits per heavy atom. The average Bonchev–Trinajstić information content (AvgIpc) is 2.35. The van der Waals surface area contributed by atoms with E-state index in [-0.39, 0.29) is 6.42 Å². The number of carbonyl (C=O) groups is 2. The van der Waals surface area contributed by atoms with Crippen molar-refractivity contribution in [1.29, 1.82) is 5.26 Å². The van der Waals surface area contributed by atoms with E-state index in [1.165, 1.54) is 6.08 Å². The van der Waals surface area contributed by atoms with Gasteiger partial charge in [-0.3, -0.25) is 0 Å². The van der Waals surface area contributed by atoms with Crippen molar-refractivity contribution >= 4 is 11.9 Å². The predicted molar refractivity (Wildman–Crippen MR) is 88.3 cm³/mol. The van der Waals surface area contributed by atoms with Crippen molar-refractivity contribution in [3.05, 3.63) is 24.8 Å². The number of nitriles is 1. The molecule has 0 bridgehead atoms. The number of nitrogens with zero attached hydrogens (tertiary/aromatic N) is 1. The topological polar surface area (TPSA) is 76.4 Å². The van der Waals surface area contributed by atoms with Gasteiger partial charge in [-0.15, -0.1) is 6.58 Å². The molecule has 0 aromatic rings. The van der Waals surface area contributed by atoms with E-state index in [1.807, 2.05) is 6.07 Å². The van der Waals surface area contributed by atoms with Crippen molar-refractivity contribution in [2.45, 2.75) is 65.6 Å². The molecule has 0 aliphatic rings. The van der Waals surface area contributed by atoms with Crippen LogP contribution in [0.5, 0.6) is 0 Å². The molecule has 23 heavy (non-hydrogen) atoms. The summed E-state index contributed by atoms with van der Waals surface area (Å²) in [7, 11) is 0. The van der Waals surface area contributed by atoms with Crippen LogP contribution in [-0.2, 0) is 19.1 Å². The van der Waals surface area contributed by atoms with Crippen LogP contribution >= 0.6 is 0 Å². The zero-order valence-electron chi connectivity index (χ0n) is 14.9. The van der Waals surface area contributed by atoms with Crippen LogP contribution < -0.4 is 0 Å². The molecule has 5 heteroatoms. The van der Waals surface area contributed by atoms with E-state index in [1.54, 1.807) is 47.6 Å². The Labute approximate surface area is 139 Å². The first-order valence-corrected chi connectivity index (χ1v) is 7.53. The van der Waals surface area contributed by atoms with Crippen molar-refractivity contribution < 1.29 is 19.1 Å². The van der Waals surface area contributed by atoms with Gasteiger partial charge < -0.3 is 9.47 Å². The minimum atomic E-state index is -1.54. The predicted octanol–water partition coefficient (Wildman–Crippen LogP) is 3.70. The van der Waals surface area contributed by atoms with Gasteiger partial charge in [0.2, 0.25) is 0 Å². The molecule has 128 valence electrons. The average molecular weight is 321 g/mol. The minimum Gasteiger partial charge on any atom is -0.459 e. The van der Waals surface area contributed by atoms with Gasteiger partial charge >= 0.3 is 11.9 Å². The van der Waals surface area contributed by atoms with Gasteiger partial charge in [-0.05, 0) is 60.5 Å². The van der Waals surface area contributed by atoms with Crippen molar-refractivity contribution in [3.63, 3.8) is 0 Å². The lowest BCUT2D eigenvalue weighted by molar-refractivity contribution is -0.161. The maximum atomic E-state index is 12.4. The van der Waals surface area contributed by atoms with Gasteiger partial charge in [0.1, 0.15) is 11.2 Å². The molecule has 1 atom stereocenters. The maximum Gasteiger partial charge on any atom is 0.331 e. The van der Waals surface area contributed by atoms with Crippen LogP contribution in [0, 0.1) is 16.7 Å². The first-order chi connectivity index (χ1) is 10.4. The number of carbonyl (C=O) groups excluding carboxylic acids is 2. The SMILES string of the molecule is C=CCCC(C#N)(/C=C/C(=O)OC(C)(C)C)C(=O)OC(C)(C)C. The first kappa shape index (κ1) is 20.9. The van der Waals surface area contributed by atoms with Crippen LogP contribution in [0.2, 0.25) is 0 Å². The lowest BCUT2D eigenvalue weighted by Gasteiger charge is -2.27. The number of allylic oxidation sites excluding steroid dienone is 1. The maximum absolute atomic E-state index is 12.4. The van der Waals surface area contributed by atoms with Gasteiger partial charge in [-0.2, -0.15) is 5.26 Å². The zero-order chi connectivity index (χ0) is 18.3. The normalized spacial score (nSPS) is 14.7. The summed E-state index contributed by atoms with van der Waals surface area (Å²) in [5, 5.41) is 9.53. The number of ether oxygens (including phenoxy) is 2. The third-order valence-electron chi connectivity index (χ3n) is 2.62. The van der Waals surface area contributed by atoms with E-state index in [9.17, 15) is 14.9 Å². The van der Waals surface area contributed by atoms with E-state index in [0.717, 1.165) is 6.08 Å². The van der Waals surface area contributed by atoms with E-state index in [4.69, 9.17) is 9.47 Å². The highest BCUT2D eigenvalue weighted by molar-refractivity contribution is 5.87. The van der Waals surface area contributed by atoms with E-state index in [0.29, 0.717) is 6.42 Å². The van der Waals surface area contributed by atoms with Gasteiger partial charge in [0.25, 0.3) is 0 Å². The molecule has 0 spiro atoms. The second kappa shape index (κ2) is 7.96. The third kappa shape index (κ3) is 8.20. The van der Waals surface area contributed by atoms with E-state index >= 15 is 0 Å². The van der Waals surface area contributed by atoms with Crippen LogP contribution in [-0.4, -0.2) is 23.1 Å². The van der Waals surface area contributed by atoms with Crippen LogP contribution in [0.25, 0.3) is 0 Å². The van der Waals surface area contributed by atoms with Gasteiger partial charge in [0.15, 0.2) is 5.41 Å². The molecule has 0 saturated heterocycles. The van der Waals surface area contributed by atoms with Gasteiger partial charge in [-0.1, -0.05) is 6.08 Å². The Morgan fingerprint density at radius 2 is 1.61 bits per heavy atom. The second-order valence-electron chi connectivity index (χ2n) is 7.28. The summed E-state index contributed by atoms with van der Waals surface area (Å²) < 4.78 is 10.5. The van der Waals surface area contributed by atoms with Crippen molar-refractivity contribution in [1.82, 2.24) is 0 Å². The van der Waals surface area contributed by atoms with Crippen molar-refractivity contribution in [3.8, 4) is 6.07 Å². The highest BCUT2D eigenvalue weighted by Gasteiger charge is 2.39. The monoisotopic (exact) mass is 321 g/mol. The molecule has 5 nitrogen and oxygen atoms in total. The Balaban J connectivity index is 5.43. The molecule has 0 saturated carbocycles. The van der Waals surface area contributed by atoms with Crippen LogP contribution in [0.3, 0.4) is 0 Å². The minimum absolute atomic E-state index is 0.182. The zero-order valence-corrected chi connectivity index (χ0v) is 14.9. The van der Waals surface area contributed by atoms with Crippen molar-refractivity contribution in [2.75, 3.05) is 0 Å². The molecule has 0 fully saturated rings. The molecule has 1 unspecified atom stereocenters. The number of esters is 2. The lowest BCUT2D eigenvalue weighted by Crippen LogP contribution is -2.36. The van der Waals surface area contributed by atoms with E-state index in [2.05, 4.69) is 6.58 Å². The molecule has 0 N–H and O–H groups in total. The van der Waals surface area contributed by atoms with Crippen LogP contribution in [0.15, 0.2) is 24.8 Å². The summed E-state index contributed by atoms with van der Waals surface area (Å²) in [6.07, 6.45) is 4.60. The summed E-state index contributed by atoms with van der Waals surface area (Å²) in [6.45, 7) is 14.0. The highest BCUT2D eigenvalue weighted by Crippen LogP contribution is 2.29. The molecule has 0 rings (SSSR count). The summed E-state index contributed by atoms with van der Waals surface area (Å²) in [5.41, 5.74) is -2.92. The Bertz CT molecular complexity index is 515. The summed E-state index contributed by atoms with van der Waals surface area (Å²) in [6, 6.07) is 1.97. The fourth-order valence-electron chi connectivity index (χ4n) is 1.64. The molecule has 0 heterocycles. The molecule has 0 amide bonds. The number of hydrogen-bond acceptors (Lipinski definition) is 5. The molecule has 0 aliphatic heterocycles. The molecule has 0 radical (unpaired) electrons. The molecule has 0 aromatic heterocycles. The van der Waals surface area contributed by atoms with Gasteiger partial charge in [-0.25, -0.2) is 9.59 Å². The fourth-order valence-corrected chi connectivity index (χ4v) is 1.64. The molecule has 0 aromatic carbocycles. The highest BCUT2D eigenvalue weighted by atomic mass is 16.6. The van der Waals surface area contributed by atoms with Crippen LogP contribution in [0.1, 0.15) is 54.4 Å². The standard InChI is InChI=1S/C18H27NO4/c1-8-9-11-18(13-19,15(21)23-17(5,6)7)12-10-14(20)22-16(2,3)4/h8,10,12H,1,9,11H2,2-7H3/b12-10+. The largest absolute Gasteiger partial charge is 0.459 e. The quantitative estimate of drug-likeness (QED) is 0.423. The van der Waals surface area contributed by atoms with Crippen molar-refractivity contribution in [2.24, 2.45) is 5.41 Å². The third-order valence-corrected chi connectivity index (χ3v) is 2.62. The fraction of sp³-hybridized carbons (Fsp3) is 0.611. The number of rotatable bonds is 6. The molecular weight excluding hydrogens is 294 g/mol. The van der Waals surface area contributed by atoms with Crippen LogP contribution in [0.4, 0.5) is 0 Å². The summed E-state index contributed by atoms with van der Waals surface area (Å²) >= 11 is 0. The summed E-state index contributed by atoms with van der Waals surface area (Å²) in [4.78, 5) is 24.2. The Morgan fingerprint density at radius 3 is 2.00 bits per heavy atom. The lowest BCUT2D eigenvalue weighted by atomic mass is 9.84. The Kier molecular flexibility index (Phi) is 7.24. The van der Waals surface area contributed by atoms with Gasteiger partial charge in [0, 0.05) is 6.08 Å². The summed E-state index contributed by atoms with van der Waals surface area (Å²) in [5.74, 6) is -1.30. The van der Waals surface area contributed by atoms with E-state index < -0.39 is 28.6 Å².